The van der Waals surface area contributed by atoms with Crippen LogP contribution >= 0.6 is 0 Å². The van der Waals surface area contributed by atoms with Crippen molar-refractivity contribution in [3.63, 3.8) is 0 Å². The lowest BCUT2D eigenvalue weighted by molar-refractivity contribution is 0.462. The van der Waals surface area contributed by atoms with Crippen LogP contribution in [0.2, 0.25) is 0 Å². The maximum atomic E-state index is 5.94. The van der Waals surface area contributed by atoms with E-state index < -0.39 is 0 Å². The zero-order valence-electron chi connectivity index (χ0n) is 8.70. The number of aromatic nitrogens is 2. The van der Waals surface area contributed by atoms with E-state index in [-0.39, 0.29) is 0 Å². The first-order chi connectivity index (χ1) is 6.09. The molecule has 0 aromatic carbocycles. The van der Waals surface area contributed by atoms with Gasteiger partial charge in [0.15, 0.2) is 0 Å². The molecular weight excluding hydrogens is 162 g/mol. The van der Waals surface area contributed by atoms with E-state index in [1.165, 1.54) is 0 Å². The Bertz CT molecular complexity index is 252. The molecule has 3 nitrogen and oxygen atoms in total. The van der Waals surface area contributed by atoms with E-state index in [0.29, 0.717) is 12.0 Å². The van der Waals surface area contributed by atoms with Crippen LogP contribution in [-0.2, 0) is 13.5 Å². The van der Waals surface area contributed by atoms with Crippen molar-refractivity contribution < 1.29 is 0 Å². The molecule has 1 atom stereocenters. The summed E-state index contributed by atoms with van der Waals surface area (Å²) in [5.41, 5.74) is 7.07. The standard InChI is InChI=1S/C10H19N3/c1-8(2)10(11)5-4-9-6-7-13(3)12-9/h6-8,10H,4-5,11H2,1-3H3. The summed E-state index contributed by atoms with van der Waals surface area (Å²) in [6, 6.07) is 2.34. The number of rotatable bonds is 4. The molecule has 0 saturated carbocycles. The van der Waals surface area contributed by atoms with Crippen LogP contribution in [0.25, 0.3) is 0 Å². The monoisotopic (exact) mass is 181 g/mol. The van der Waals surface area contributed by atoms with Crippen molar-refractivity contribution in [1.82, 2.24) is 9.78 Å². The first-order valence-corrected chi connectivity index (χ1v) is 4.83. The van der Waals surface area contributed by atoms with E-state index in [9.17, 15) is 0 Å². The molecule has 74 valence electrons. The van der Waals surface area contributed by atoms with E-state index in [1.807, 2.05) is 24.0 Å². The van der Waals surface area contributed by atoms with Gasteiger partial charge in [-0.05, 0) is 24.8 Å². The van der Waals surface area contributed by atoms with Crippen molar-refractivity contribution in [3.05, 3.63) is 18.0 Å². The van der Waals surface area contributed by atoms with E-state index in [1.54, 1.807) is 0 Å². The van der Waals surface area contributed by atoms with E-state index >= 15 is 0 Å². The second-order valence-corrected chi connectivity index (χ2v) is 3.93. The van der Waals surface area contributed by atoms with Gasteiger partial charge in [0.25, 0.3) is 0 Å². The highest BCUT2D eigenvalue weighted by atomic mass is 15.2. The number of nitrogens with zero attached hydrogens (tertiary/aromatic N) is 2. The summed E-state index contributed by atoms with van der Waals surface area (Å²) in [7, 11) is 1.94. The molecule has 0 saturated heterocycles. The Hall–Kier alpha value is -0.830. The first-order valence-electron chi connectivity index (χ1n) is 4.83. The third-order valence-corrected chi connectivity index (χ3v) is 2.36. The molecule has 0 spiro atoms. The molecule has 0 amide bonds. The van der Waals surface area contributed by atoms with Crippen LogP contribution in [0.5, 0.6) is 0 Å². The van der Waals surface area contributed by atoms with Crippen molar-refractivity contribution in [3.8, 4) is 0 Å². The quantitative estimate of drug-likeness (QED) is 0.761. The topological polar surface area (TPSA) is 43.8 Å². The highest BCUT2D eigenvalue weighted by molar-refractivity contribution is 4.99. The summed E-state index contributed by atoms with van der Waals surface area (Å²) in [4.78, 5) is 0. The molecular formula is C10H19N3. The van der Waals surface area contributed by atoms with Gasteiger partial charge >= 0.3 is 0 Å². The molecule has 1 aromatic rings. The molecule has 1 unspecified atom stereocenters. The molecule has 0 fully saturated rings. The van der Waals surface area contributed by atoms with Gasteiger partial charge in [-0.2, -0.15) is 5.10 Å². The molecule has 0 aliphatic rings. The maximum Gasteiger partial charge on any atom is 0.0625 e. The lowest BCUT2D eigenvalue weighted by Gasteiger charge is -2.13. The summed E-state index contributed by atoms with van der Waals surface area (Å²) in [5, 5.41) is 4.30. The zero-order valence-corrected chi connectivity index (χ0v) is 8.70. The zero-order chi connectivity index (χ0) is 9.84. The minimum atomic E-state index is 0.294. The molecule has 0 aliphatic heterocycles. The van der Waals surface area contributed by atoms with Crippen LogP contribution in [0.15, 0.2) is 12.3 Å². The smallest absolute Gasteiger partial charge is 0.0625 e. The Morgan fingerprint density at radius 1 is 1.54 bits per heavy atom. The molecule has 1 aromatic heterocycles. The largest absolute Gasteiger partial charge is 0.327 e. The van der Waals surface area contributed by atoms with Gasteiger partial charge in [-0.25, -0.2) is 0 Å². The number of hydrogen-bond donors (Lipinski definition) is 1. The molecule has 3 heteroatoms. The van der Waals surface area contributed by atoms with Gasteiger partial charge < -0.3 is 5.73 Å². The Morgan fingerprint density at radius 3 is 2.69 bits per heavy atom. The van der Waals surface area contributed by atoms with Crippen LogP contribution in [-0.4, -0.2) is 15.8 Å². The lowest BCUT2D eigenvalue weighted by Crippen LogP contribution is -2.26. The maximum absolute atomic E-state index is 5.94. The van der Waals surface area contributed by atoms with Gasteiger partial charge in [0.2, 0.25) is 0 Å². The lowest BCUT2D eigenvalue weighted by atomic mass is 10.00. The fourth-order valence-electron chi connectivity index (χ4n) is 1.24. The predicted molar refractivity (Wildman–Crippen MR) is 54.3 cm³/mol. The molecule has 1 heterocycles. The summed E-state index contributed by atoms with van der Waals surface area (Å²) >= 11 is 0. The van der Waals surface area contributed by atoms with Gasteiger partial charge in [0.05, 0.1) is 5.69 Å². The van der Waals surface area contributed by atoms with Gasteiger partial charge in [-0.15, -0.1) is 0 Å². The van der Waals surface area contributed by atoms with Gasteiger partial charge in [-0.3, -0.25) is 4.68 Å². The van der Waals surface area contributed by atoms with Crippen LogP contribution in [0.1, 0.15) is 26.0 Å². The number of hydrogen-bond acceptors (Lipinski definition) is 2. The van der Waals surface area contributed by atoms with E-state index in [4.69, 9.17) is 5.73 Å². The SMILES string of the molecule is CC(C)C(N)CCc1ccn(C)n1. The Labute approximate surface area is 79.9 Å². The third-order valence-electron chi connectivity index (χ3n) is 2.36. The third kappa shape index (κ3) is 3.19. The molecule has 13 heavy (non-hydrogen) atoms. The average molecular weight is 181 g/mol. The second kappa shape index (κ2) is 4.42. The van der Waals surface area contributed by atoms with Gasteiger partial charge in [0, 0.05) is 19.3 Å². The fourth-order valence-corrected chi connectivity index (χ4v) is 1.24. The van der Waals surface area contributed by atoms with E-state index in [2.05, 4.69) is 18.9 Å². The second-order valence-electron chi connectivity index (χ2n) is 3.93. The van der Waals surface area contributed by atoms with Crippen molar-refractivity contribution in [1.29, 1.82) is 0 Å². The van der Waals surface area contributed by atoms with Crippen molar-refractivity contribution >= 4 is 0 Å². The molecule has 1 rings (SSSR count). The fraction of sp³-hybridized carbons (Fsp3) is 0.700. The Balaban J connectivity index is 2.35. The van der Waals surface area contributed by atoms with Crippen molar-refractivity contribution in [2.24, 2.45) is 18.7 Å². The summed E-state index contributed by atoms with van der Waals surface area (Å²) in [5.74, 6) is 0.559. The van der Waals surface area contributed by atoms with Gasteiger partial charge in [0.1, 0.15) is 0 Å². The van der Waals surface area contributed by atoms with Crippen molar-refractivity contribution in [2.75, 3.05) is 0 Å². The molecule has 2 N–H and O–H groups in total. The highest BCUT2D eigenvalue weighted by Crippen LogP contribution is 2.07. The first kappa shape index (κ1) is 10.3. The van der Waals surface area contributed by atoms with Gasteiger partial charge in [-0.1, -0.05) is 13.8 Å². The normalized spacial score (nSPS) is 13.6. The molecule has 0 aliphatic carbocycles. The molecule has 0 radical (unpaired) electrons. The Kier molecular flexibility index (Phi) is 3.48. The van der Waals surface area contributed by atoms with E-state index in [0.717, 1.165) is 18.5 Å². The summed E-state index contributed by atoms with van der Waals surface area (Å²) in [6.07, 6.45) is 3.98. The minimum absolute atomic E-state index is 0.294. The van der Waals surface area contributed by atoms with Crippen molar-refractivity contribution in [2.45, 2.75) is 32.7 Å². The predicted octanol–water partition coefficient (Wildman–Crippen LogP) is 1.34. The summed E-state index contributed by atoms with van der Waals surface area (Å²) in [6.45, 7) is 4.31. The van der Waals surface area contributed by atoms with Crippen LogP contribution in [0.4, 0.5) is 0 Å². The summed E-state index contributed by atoms with van der Waals surface area (Å²) < 4.78 is 1.83. The van der Waals surface area contributed by atoms with Crippen LogP contribution in [0.3, 0.4) is 0 Å². The highest BCUT2D eigenvalue weighted by Gasteiger charge is 2.08. The van der Waals surface area contributed by atoms with Crippen LogP contribution in [0, 0.1) is 5.92 Å². The minimum Gasteiger partial charge on any atom is -0.327 e. The van der Waals surface area contributed by atoms with Crippen LogP contribution < -0.4 is 5.73 Å². The molecule has 0 bridgehead atoms. The number of nitrogens with two attached hydrogens (primary N) is 1. The Morgan fingerprint density at radius 2 is 2.23 bits per heavy atom. The average Bonchev–Trinajstić information content (AvgIpc) is 2.47. The number of aryl methyl sites for hydroxylation is 2.